The molecule has 158 valence electrons. The number of carbonyl (C=O) groups is 2. The van der Waals surface area contributed by atoms with Gasteiger partial charge in [-0.15, -0.1) is 0 Å². The molecule has 0 aromatic heterocycles. The van der Waals surface area contributed by atoms with Gasteiger partial charge in [0, 0.05) is 11.8 Å². The van der Waals surface area contributed by atoms with Gasteiger partial charge in [0.15, 0.2) is 0 Å². The van der Waals surface area contributed by atoms with Crippen LogP contribution in [0.2, 0.25) is 0 Å². The second kappa shape index (κ2) is 10.3. The molecule has 0 fully saturated rings. The zero-order valence-corrected chi connectivity index (χ0v) is 17.6. The number of para-hydroxylation sites is 1. The van der Waals surface area contributed by atoms with Crippen LogP contribution in [0.4, 0.5) is 5.69 Å². The summed E-state index contributed by atoms with van der Waals surface area (Å²) >= 11 is 0. The minimum absolute atomic E-state index is 0.190. The maximum atomic E-state index is 13.3. The fraction of sp³-hybridized carbons (Fsp3) is 0.154. The van der Waals surface area contributed by atoms with Crippen molar-refractivity contribution in [3.8, 4) is 5.75 Å². The van der Waals surface area contributed by atoms with Crippen molar-refractivity contribution in [2.45, 2.75) is 19.9 Å². The normalized spacial score (nSPS) is 10.8. The highest BCUT2D eigenvalue weighted by Gasteiger charge is 2.17. The number of ether oxygens (including phenoxy) is 1. The Balaban J connectivity index is 1.95. The van der Waals surface area contributed by atoms with Gasteiger partial charge in [0.2, 0.25) is 0 Å². The van der Waals surface area contributed by atoms with Gasteiger partial charge in [0.05, 0.1) is 19.2 Å². The highest BCUT2D eigenvalue weighted by Crippen LogP contribution is 2.24. The summed E-state index contributed by atoms with van der Waals surface area (Å²) in [7, 11) is 1.60. The van der Waals surface area contributed by atoms with Gasteiger partial charge >= 0.3 is 5.97 Å². The van der Waals surface area contributed by atoms with E-state index in [2.05, 4.69) is 0 Å². The molecule has 0 spiro atoms. The minimum atomic E-state index is -0.994. The first kappa shape index (κ1) is 21.8. The molecule has 5 heteroatoms. The van der Waals surface area contributed by atoms with Crippen molar-refractivity contribution < 1.29 is 19.4 Å². The monoisotopic (exact) mass is 415 g/mol. The van der Waals surface area contributed by atoms with Crippen LogP contribution >= 0.6 is 0 Å². The summed E-state index contributed by atoms with van der Waals surface area (Å²) in [5.74, 6) is -0.468. The lowest BCUT2D eigenvalue weighted by Crippen LogP contribution is -2.29. The Morgan fingerprint density at radius 2 is 1.77 bits per heavy atom. The highest BCUT2D eigenvalue weighted by molar-refractivity contribution is 6.04. The Hall–Kier alpha value is -3.86. The fourth-order valence-electron chi connectivity index (χ4n) is 3.34. The van der Waals surface area contributed by atoms with E-state index in [0.717, 1.165) is 28.8 Å². The Morgan fingerprint density at radius 1 is 1.00 bits per heavy atom. The fourth-order valence-corrected chi connectivity index (χ4v) is 3.34. The molecule has 1 N–H and O–H groups in total. The molecule has 0 bridgehead atoms. The molecule has 3 aromatic rings. The Labute approximate surface area is 182 Å². The van der Waals surface area contributed by atoms with Crippen LogP contribution in [0, 0.1) is 0 Å². The number of anilines is 1. The molecular formula is C26H25NO4. The molecule has 0 aliphatic rings. The van der Waals surface area contributed by atoms with Crippen LogP contribution in [0.15, 0.2) is 78.9 Å². The number of aryl methyl sites for hydroxylation is 1. The molecular weight excluding hydrogens is 390 g/mol. The molecule has 3 aromatic carbocycles. The third kappa shape index (κ3) is 5.60. The van der Waals surface area contributed by atoms with Gasteiger partial charge in [0.1, 0.15) is 5.75 Å². The lowest BCUT2D eigenvalue weighted by molar-refractivity contribution is -0.114. The Bertz CT molecular complexity index is 1100. The number of nitrogens with zero attached hydrogens (tertiary/aromatic N) is 1. The molecule has 0 atom stereocenters. The Kier molecular flexibility index (Phi) is 7.22. The van der Waals surface area contributed by atoms with Gasteiger partial charge in [-0.3, -0.25) is 4.79 Å². The lowest BCUT2D eigenvalue weighted by Gasteiger charge is -2.24. The van der Waals surface area contributed by atoms with Crippen molar-refractivity contribution in [1.82, 2.24) is 0 Å². The smallest absolute Gasteiger partial charge is 0.335 e. The molecule has 0 aliphatic heterocycles. The van der Waals surface area contributed by atoms with Crippen molar-refractivity contribution >= 4 is 23.6 Å². The molecule has 31 heavy (non-hydrogen) atoms. The number of aromatic carboxylic acids is 1. The largest absolute Gasteiger partial charge is 0.497 e. The van der Waals surface area contributed by atoms with Crippen molar-refractivity contribution in [3.05, 3.63) is 101 Å². The first-order valence-electron chi connectivity index (χ1n) is 10.1. The van der Waals surface area contributed by atoms with Crippen LogP contribution in [0.1, 0.15) is 34.0 Å². The number of hydrogen-bond donors (Lipinski definition) is 1. The summed E-state index contributed by atoms with van der Waals surface area (Å²) in [6.45, 7) is 2.30. The van der Waals surface area contributed by atoms with E-state index in [9.17, 15) is 14.7 Å². The number of hydrogen-bond acceptors (Lipinski definition) is 3. The summed E-state index contributed by atoms with van der Waals surface area (Å²) in [4.78, 5) is 26.3. The second-order valence-corrected chi connectivity index (χ2v) is 7.02. The highest BCUT2D eigenvalue weighted by atomic mass is 16.5. The van der Waals surface area contributed by atoms with Crippen molar-refractivity contribution in [1.29, 1.82) is 0 Å². The van der Waals surface area contributed by atoms with Crippen molar-refractivity contribution in [2.75, 3.05) is 12.0 Å². The number of carboxylic acids is 1. The van der Waals surface area contributed by atoms with E-state index in [1.807, 2.05) is 61.5 Å². The summed E-state index contributed by atoms with van der Waals surface area (Å²) in [6, 6.07) is 21.9. The number of rotatable bonds is 8. The van der Waals surface area contributed by atoms with E-state index in [-0.39, 0.29) is 18.0 Å². The first-order valence-corrected chi connectivity index (χ1v) is 10.1. The van der Waals surface area contributed by atoms with Gasteiger partial charge in [-0.2, -0.15) is 0 Å². The first-order chi connectivity index (χ1) is 15.0. The standard InChI is InChI=1S/C26H25NO4/c1-3-21-10-4-5-13-24(21)27(18-20-9-6-11-22(16-20)26(29)30)25(28)15-14-19-8-7-12-23(17-19)31-2/h4-17H,3,18H2,1-2H3,(H,29,30)/b15-14+. The molecule has 0 saturated heterocycles. The van der Waals surface area contributed by atoms with Crippen molar-refractivity contribution in [2.24, 2.45) is 0 Å². The molecule has 0 heterocycles. The number of methoxy groups -OCH3 is 1. The average Bonchev–Trinajstić information content (AvgIpc) is 2.81. The zero-order valence-electron chi connectivity index (χ0n) is 17.6. The van der Waals surface area contributed by atoms with E-state index < -0.39 is 5.97 Å². The topological polar surface area (TPSA) is 66.8 Å². The number of carbonyl (C=O) groups excluding carboxylic acids is 1. The third-order valence-corrected chi connectivity index (χ3v) is 4.96. The average molecular weight is 415 g/mol. The molecule has 0 radical (unpaired) electrons. The summed E-state index contributed by atoms with van der Waals surface area (Å²) < 4.78 is 5.24. The molecule has 0 saturated carbocycles. The van der Waals surface area contributed by atoms with Gasteiger partial charge in [0.25, 0.3) is 5.91 Å². The molecule has 5 nitrogen and oxygen atoms in total. The zero-order chi connectivity index (χ0) is 22.2. The van der Waals surface area contributed by atoms with E-state index in [0.29, 0.717) is 5.75 Å². The summed E-state index contributed by atoms with van der Waals surface area (Å²) in [5, 5.41) is 9.30. The van der Waals surface area contributed by atoms with E-state index in [4.69, 9.17) is 4.74 Å². The number of carboxylic acid groups (broad SMARTS) is 1. The molecule has 3 rings (SSSR count). The van der Waals surface area contributed by atoms with Crippen LogP contribution < -0.4 is 9.64 Å². The van der Waals surface area contributed by atoms with E-state index in [1.165, 1.54) is 6.08 Å². The van der Waals surface area contributed by atoms with Crippen LogP contribution in [0.25, 0.3) is 6.08 Å². The van der Waals surface area contributed by atoms with Crippen LogP contribution in [-0.4, -0.2) is 24.1 Å². The van der Waals surface area contributed by atoms with E-state index >= 15 is 0 Å². The van der Waals surface area contributed by atoms with Gasteiger partial charge in [-0.05, 0) is 59.5 Å². The third-order valence-electron chi connectivity index (χ3n) is 4.96. The SMILES string of the molecule is CCc1ccccc1N(Cc1cccc(C(=O)O)c1)C(=O)/C=C/c1cccc(OC)c1. The Morgan fingerprint density at radius 3 is 2.52 bits per heavy atom. The van der Waals surface area contributed by atoms with Crippen molar-refractivity contribution in [3.63, 3.8) is 0 Å². The molecule has 0 aliphatic carbocycles. The molecule has 0 unspecified atom stereocenters. The van der Waals surface area contributed by atoms with Gasteiger partial charge in [-0.1, -0.05) is 49.4 Å². The van der Waals surface area contributed by atoms with Crippen LogP contribution in [0.5, 0.6) is 5.75 Å². The predicted octanol–water partition coefficient (Wildman–Crippen LogP) is 5.20. The molecule has 1 amide bonds. The van der Waals surface area contributed by atoms with Gasteiger partial charge in [-0.25, -0.2) is 4.79 Å². The second-order valence-electron chi connectivity index (χ2n) is 7.02. The number of amides is 1. The van der Waals surface area contributed by atoms with E-state index in [1.54, 1.807) is 36.3 Å². The lowest BCUT2D eigenvalue weighted by atomic mass is 10.1. The predicted molar refractivity (Wildman–Crippen MR) is 122 cm³/mol. The quantitative estimate of drug-likeness (QED) is 0.514. The van der Waals surface area contributed by atoms with Crippen LogP contribution in [-0.2, 0) is 17.8 Å². The van der Waals surface area contributed by atoms with Gasteiger partial charge < -0.3 is 14.7 Å². The maximum Gasteiger partial charge on any atom is 0.335 e. The number of benzene rings is 3. The summed E-state index contributed by atoms with van der Waals surface area (Å²) in [5.41, 5.74) is 3.64. The minimum Gasteiger partial charge on any atom is -0.497 e. The summed E-state index contributed by atoms with van der Waals surface area (Å²) in [6.07, 6.45) is 4.05. The van der Waals surface area contributed by atoms with Crippen LogP contribution in [0.3, 0.4) is 0 Å². The maximum absolute atomic E-state index is 13.3.